The number of aliphatic hydroxyl groups excluding tert-OH is 2. The van der Waals surface area contributed by atoms with Gasteiger partial charge in [0.2, 0.25) is 0 Å². The molecule has 2 N–H and O–H groups in total. The van der Waals surface area contributed by atoms with Gasteiger partial charge in [-0.1, -0.05) is 60.7 Å². The van der Waals surface area contributed by atoms with E-state index in [2.05, 4.69) is 0 Å². The van der Waals surface area contributed by atoms with Gasteiger partial charge < -0.3 is 19.7 Å². The predicted octanol–water partition coefficient (Wildman–Crippen LogP) is 2.32. The van der Waals surface area contributed by atoms with Gasteiger partial charge in [-0.2, -0.15) is 0 Å². The molecule has 160 valence electrons. The van der Waals surface area contributed by atoms with E-state index in [4.69, 9.17) is 9.47 Å². The minimum absolute atomic E-state index is 0.0192. The summed E-state index contributed by atoms with van der Waals surface area (Å²) in [6, 6.07) is 17.3. The zero-order valence-electron chi connectivity index (χ0n) is 17.1. The van der Waals surface area contributed by atoms with E-state index in [0.717, 1.165) is 11.1 Å². The number of likely N-dealkylation sites (tertiary alicyclic amines) is 1. The van der Waals surface area contributed by atoms with Crippen molar-refractivity contribution in [3.05, 3.63) is 71.8 Å². The maximum absolute atomic E-state index is 13.2. The summed E-state index contributed by atoms with van der Waals surface area (Å²) < 4.78 is 10.5. The van der Waals surface area contributed by atoms with Crippen molar-refractivity contribution < 1.29 is 29.3 Å². The number of carbonyl (C=O) groups is 2. The van der Waals surface area contributed by atoms with E-state index in [-0.39, 0.29) is 13.2 Å². The molecule has 0 spiro atoms. The van der Waals surface area contributed by atoms with Crippen molar-refractivity contribution >= 4 is 12.1 Å². The first-order valence-corrected chi connectivity index (χ1v) is 9.82. The second-order valence-electron chi connectivity index (χ2n) is 7.62. The Labute approximate surface area is 175 Å². The molecule has 0 unspecified atom stereocenters. The SMILES string of the molecule is COC(=O)[C@@H]1[C@@H](c2ccccc2)[C@H](CO)[C@](C)(CO)N1C(=O)OCc1ccccc1. The molecule has 7 heteroatoms. The largest absolute Gasteiger partial charge is 0.467 e. The van der Waals surface area contributed by atoms with Crippen LogP contribution in [0, 0.1) is 5.92 Å². The Bertz CT molecular complexity index is 859. The van der Waals surface area contributed by atoms with Crippen molar-refractivity contribution in [1.82, 2.24) is 4.90 Å². The first-order valence-electron chi connectivity index (χ1n) is 9.82. The summed E-state index contributed by atoms with van der Waals surface area (Å²) in [6.07, 6.45) is -0.748. The molecule has 3 rings (SSSR count). The second-order valence-corrected chi connectivity index (χ2v) is 7.62. The van der Waals surface area contributed by atoms with Gasteiger partial charge in [0.05, 0.1) is 19.3 Å². The van der Waals surface area contributed by atoms with E-state index in [0.29, 0.717) is 0 Å². The van der Waals surface area contributed by atoms with Crippen LogP contribution >= 0.6 is 0 Å². The molecule has 0 aliphatic carbocycles. The van der Waals surface area contributed by atoms with Crippen molar-refractivity contribution in [3.8, 4) is 0 Å². The molecule has 2 aromatic rings. The number of hydrogen-bond acceptors (Lipinski definition) is 6. The van der Waals surface area contributed by atoms with Crippen LogP contribution < -0.4 is 0 Å². The summed E-state index contributed by atoms with van der Waals surface area (Å²) in [5.41, 5.74) is 0.343. The highest BCUT2D eigenvalue weighted by atomic mass is 16.6. The standard InChI is InChI=1S/C23H27NO6/c1-23(15-26)18(13-25)19(17-11-7-4-8-12-17)20(21(27)29-2)24(23)22(28)30-14-16-9-5-3-6-10-16/h3-12,18-20,25-26H,13-15H2,1-2H3/t18-,19-,20-,23-/m0/s1. The fourth-order valence-electron chi connectivity index (χ4n) is 4.34. The van der Waals surface area contributed by atoms with Crippen molar-refractivity contribution in [3.63, 3.8) is 0 Å². The number of carbonyl (C=O) groups excluding carboxylic acids is 2. The number of rotatable bonds is 6. The summed E-state index contributed by atoms with van der Waals surface area (Å²) in [5, 5.41) is 20.5. The number of aliphatic hydroxyl groups is 2. The third-order valence-corrected chi connectivity index (χ3v) is 5.95. The zero-order chi connectivity index (χ0) is 21.7. The lowest BCUT2D eigenvalue weighted by atomic mass is 9.77. The maximum Gasteiger partial charge on any atom is 0.411 e. The smallest absolute Gasteiger partial charge is 0.411 e. The van der Waals surface area contributed by atoms with Crippen molar-refractivity contribution in [1.29, 1.82) is 0 Å². The van der Waals surface area contributed by atoms with Crippen LogP contribution in [-0.2, 0) is 20.9 Å². The quantitative estimate of drug-likeness (QED) is 0.706. The summed E-state index contributed by atoms with van der Waals surface area (Å²) in [5.74, 6) is -1.79. The minimum atomic E-state index is -1.22. The lowest BCUT2D eigenvalue weighted by molar-refractivity contribution is -0.147. The fraction of sp³-hybridized carbons (Fsp3) is 0.391. The first kappa shape index (κ1) is 21.8. The Morgan fingerprint density at radius 1 is 1.03 bits per heavy atom. The number of esters is 1. The Kier molecular flexibility index (Phi) is 6.74. The highest BCUT2D eigenvalue weighted by molar-refractivity contribution is 5.84. The van der Waals surface area contributed by atoms with Crippen LogP contribution in [0.4, 0.5) is 4.79 Å². The Hall–Kier alpha value is -2.90. The van der Waals surface area contributed by atoms with Crippen LogP contribution in [0.1, 0.15) is 24.0 Å². The average molecular weight is 413 g/mol. The number of amides is 1. The molecule has 1 amide bonds. The van der Waals surface area contributed by atoms with Crippen LogP contribution in [0.5, 0.6) is 0 Å². The third kappa shape index (κ3) is 3.91. The number of benzene rings is 2. The molecule has 1 aliphatic rings. The second kappa shape index (κ2) is 9.28. The van der Waals surface area contributed by atoms with Crippen LogP contribution in [0.25, 0.3) is 0 Å². The number of nitrogens with zero attached hydrogens (tertiary/aromatic N) is 1. The third-order valence-electron chi connectivity index (χ3n) is 5.95. The summed E-state index contributed by atoms with van der Waals surface area (Å²) in [7, 11) is 1.25. The van der Waals surface area contributed by atoms with E-state index in [9.17, 15) is 19.8 Å². The van der Waals surface area contributed by atoms with Gasteiger partial charge in [0.1, 0.15) is 12.6 Å². The number of methoxy groups -OCH3 is 1. The van der Waals surface area contributed by atoms with Crippen LogP contribution in [-0.4, -0.2) is 59.1 Å². The van der Waals surface area contributed by atoms with Gasteiger partial charge in [0, 0.05) is 18.4 Å². The minimum Gasteiger partial charge on any atom is -0.467 e. The van der Waals surface area contributed by atoms with Gasteiger partial charge in [0.25, 0.3) is 0 Å². The first-order chi connectivity index (χ1) is 14.5. The maximum atomic E-state index is 13.2. The summed E-state index contributed by atoms with van der Waals surface area (Å²) >= 11 is 0. The lowest BCUT2D eigenvalue weighted by Gasteiger charge is -2.37. The Morgan fingerprint density at radius 3 is 2.17 bits per heavy atom. The molecule has 1 heterocycles. The molecule has 0 radical (unpaired) electrons. The molecule has 4 atom stereocenters. The highest BCUT2D eigenvalue weighted by Crippen LogP contribution is 2.49. The van der Waals surface area contributed by atoms with E-state index >= 15 is 0 Å². The van der Waals surface area contributed by atoms with Gasteiger partial charge in [-0.25, -0.2) is 9.59 Å². The fourth-order valence-corrected chi connectivity index (χ4v) is 4.34. The van der Waals surface area contributed by atoms with Crippen LogP contribution in [0.15, 0.2) is 60.7 Å². The molecule has 2 aromatic carbocycles. The topological polar surface area (TPSA) is 96.3 Å². The van der Waals surface area contributed by atoms with Crippen molar-refractivity contribution in [2.75, 3.05) is 20.3 Å². The van der Waals surface area contributed by atoms with Crippen molar-refractivity contribution in [2.45, 2.75) is 31.0 Å². The monoisotopic (exact) mass is 413 g/mol. The Morgan fingerprint density at radius 2 is 1.63 bits per heavy atom. The van der Waals surface area contributed by atoms with Crippen LogP contribution in [0.3, 0.4) is 0 Å². The molecule has 1 aliphatic heterocycles. The van der Waals surface area contributed by atoms with Gasteiger partial charge in [-0.05, 0) is 18.1 Å². The van der Waals surface area contributed by atoms with Gasteiger partial charge in [0.15, 0.2) is 0 Å². The molecule has 0 saturated carbocycles. The molecule has 7 nitrogen and oxygen atoms in total. The summed E-state index contributed by atoms with van der Waals surface area (Å²) in [4.78, 5) is 27.2. The molecular formula is C23H27NO6. The van der Waals surface area contributed by atoms with E-state index in [1.807, 2.05) is 60.7 Å². The molecule has 30 heavy (non-hydrogen) atoms. The van der Waals surface area contributed by atoms with E-state index < -0.39 is 42.1 Å². The molecule has 0 bridgehead atoms. The van der Waals surface area contributed by atoms with Gasteiger partial charge in [-0.3, -0.25) is 4.90 Å². The zero-order valence-corrected chi connectivity index (χ0v) is 17.1. The lowest BCUT2D eigenvalue weighted by Crippen LogP contribution is -2.56. The van der Waals surface area contributed by atoms with Gasteiger partial charge >= 0.3 is 12.1 Å². The molecule has 1 fully saturated rings. The molecular weight excluding hydrogens is 386 g/mol. The molecule has 1 saturated heterocycles. The number of hydrogen-bond donors (Lipinski definition) is 2. The average Bonchev–Trinajstić information content (AvgIpc) is 3.07. The predicted molar refractivity (Wildman–Crippen MR) is 110 cm³/mol. The number of ether oxygens (including phenoxy) is 2. The van der Waals surface area contributed by atoms with E-state index in [1.54, 1.807) is 6.92 Å². The van der Waals surface area contributed by atoms with Crippen molar-refractivity contribution in [2.24, 2.45) is 5.92 Å². The van der Waals surface area contributed by atoms with E-state index in [1.165, 1.54) is 12.0 Å². The summed E-state index contributed by atoms with van der Waals surface area (Å²) in [6.45, 7) is 0.893. The normalized spacial score (nSPS) is 25.7. The van der Waals surface area contributed by atoms with Crippen LogP contribution in [0.2, 0.25) is 0 Å². The Balaban J connectivity index is 2.00. The highest BCUT2D eigenvalue weighted by Gasteiger charge is 2.61. The molecule has 0 aromatic heterocycles. The van der Waals surface area contributed by atoms with Gasteiger partial charge in [-0.15, -0.1) is 0 Å².